The van der Waals surface area contributed by atoms with E-state index < -0.39 is 15.9 Å². The molecule has 0 aliphatic heterocycles. The quantitative estimate of drug-likeness (QED) is 0.329. The van der Waals surface area contributed by atoms with Gasteiger partial charge < -0.3 is 19.8 Å². The molecule has 2 aromatic heterocycles. The SMILES string of the molecule is COc1c(NC(=O)c2cc3cccc(Oc4ccncn4)c3[nH]2)cc(C(C)(C)C)cc1NS(C)(=O)=O. The van der Waals surface area contributed by atoms with Gasteiger partial charge in [0.15, 0.2) is 11.5 Å². The van der Waals surface area contributed by atoms with Crippen LogP contribution in [0.1, 0.15) is 36.8 Å². The summed E-state index contributed by atoms with van der Waals surface area (Å²) in [6, 6.07) is 12.2. The van der Waals surface area contributed by atoms with Crippen LogP contribution in [0, 0.1) is 0 Å². The number of rotatable bonds is 7. The maximum Gasteiger partial charge on any atom is 0.272 e. The second-order valence-corrected chi connectivity index (χ2v) is 11.0. The number of carbonyl (C=O) groups is 1. The summed E-state index contributed by atoms with van der Waals surface area (Å²) in [5.74, 6) is 0.629. The summed E-state index contributed by atoms with van der Waals surface area (Å²) in [7, 11) is -2.18. The normalized spacial score (nSPS) is 11.8. The number of hydrogen-bond acceptors (Lipinski definition) is 7. The molecule has 2 aromatic carbocycles. The third-order valence-corrected chi connectivity index (χ3v) is 5.93. The molecular weight excluding hydrogens is 482 g/mol. The predicted octanol–water partition coefficient (Wildman–Crippen LogP) is 4.68. The summed E-state index contributed by atoms with van der Waals surface area (Å²) in [6.07, 6.45) is 4.01. The van der Waals surface area contributed by atoms with Crippen LogP contribution in [0.5, 0.6) is 17.4 Å². The molecule has 10 nitrogen and oxygen atoms in total. The average Bonchev–Trinajstić information content (AvgIpc) is 3.24. The van der Waals surface area contributed by atoms with Crippen molar-refractivity contribution >= 4 is 38.2 Å². The van der Waals surface area contributed by atoms with Crippen molar-refractivity contribution in [3.8, 4) is 17.4 Å². The minimum atomic E-state index is -3.59. The third kappa shape index (κ3) is 5.57. The number of anilines is 2. The number of H-pyrrole nitrogens is 1. The Morgan fingerprint density at radius 3 is 2.47 bits per heavy atom. The van der Waals surface area contributed by atoms with Crippen molar-refractivity contribution in [3.63, 3.8) is 0 Å². The first-order chi connectivity index (χ1) is 16.9. The van der Waals surface area contributed by atoms with E-state index in [1.54, 1.807) is 36.5 Å². The first-order valence-corrected chi connectivity index (χ1v) is 12.9. The predicted molar refractivity (Wildman–Crippen MR) is 139 cm³/mol. The standard InChI is InChI=1S/C25H27N5O5S/c1-25(2,3)16-12-17(23(34-4)18(13-16)30-36(5,32)33)29-24(31)19-11-15-7-6-8-20(22(15)28-19)35-21-9-10-26-14-27-21/h6-14,28,30H,1-5H3,(H,29,31). The van der Waals surface area contributed by atoms with Gasteiger partial charge in [-0.15, -0.1) is 0 Å². The van der Waals surface area contributed by atoms with Crippen molar-refractivity contribution in [2.24, 2.45) is 0 Å². The fraction of sp³-hybridized carbons (Fsp3) is 0.240. The zero-order chi connectivity index (χ0) is 26.1. The highest BCUT2D eigenvalue weighted by atomic mass is 32.2. The maximum absolute atomic E-state index is 13.3. The van der Waals surface area contributed by atoms with E-state index in [0.717, 1.165) is 17.2 Å². The Labute approximate surface area is 209 Å². The highest BCUT2D eigenvalue weighted by molar-refractivity contribution is 7.92. The maximum atomic E-state index is 13.3. The number of aromatic nitrogens is 3. The first-order valence-electron chi connectivity index (χ1n) is 11.0. The summed E-state index contributed by atoms with van der Waals surface area (Å²) in [5.41, 5.74) is 1.95. The van der Waals surface area contributed by atoms with Crippen LogP contribution >= 0.6 is 0 Å². The van der Waals surface area contributed by atoms with Gasteiger partial charge >= 0.3 is 0 Å². The molecule has 0 radical (unpaired) electrons. The molecule has 0 spiro atoms. The Balaban J connectivity index is 1.71. The smallest absolute Gasteiger partial charge is 0.272 e. The van der Waals surface area contributed by atoms with Crippen LogP contribution in [0.4, 0.5) is 11.4 Å². The Morgan fingerprint density at radius 1 is 1.08 bits per heavy atom. The van der Waals surface area contributed by atoms with Gasteiger partial charge in [-0.3, -0.25) is 9.52 Å². The van der Waals surface area contributed by atoms with Crippen LogP contribution in [-0.4, -0.2) is 42.6 Å². The van der Waals surface area contributed by atoms with E-state index in [9.17, 15) is 13.2 Å². The monoisotopic (exact) mass is 509 g/mol. The van der Waals surface area contributed by atoms with Crippen LogP contribution in [-0.2, 0) is 15.4 Å². The lowest BCUT2D eigenvalue weighted by atomic mass is 9.86. The van der Waals surface area contributed by atoms with Crippen LogP contribution < -0.4 is 19.5 Å². The molecule has 0 bridgehead atoms. The number of aromatic amines is 1. The zero-order valence-corrected chi connectivity index (χ0v) is 21.4. The number of amides is 1. The van der Waals surface area contributed by atoms with Crippen LogP contribution in [0.3, 0.4) is 0 Å². The summed E-state index contributed by atoms with van der Waals surface area (Å²) >= 11 is 0. The second-order valence-electron chi connectivity index (χ2n) is 9.24. The minimum absolute atomic E-state index is 0.200. The molecule has 0 unspecified atom stereocenters. The number of fused-ring (bicyclic) bond motifs is 1. The average molecular weight is 510 g/mol. The molecule has 11 heteroatoms. The van der Waals surface area contributed by atoms with Gasteiger partial charge in [-0.1, -0.05) is 32.9 Å². The van der Waals surface area contributed by atoms with Gasteiger partial charge in [-0.25, -0.2) is 18.4 Å². The van der Waals surface area contributed by atoms with Gasteiger partial charge in [0.05, 0.1) is 30.3 Å². The largest absolute Gasteiger partial charge is 0.492 e. The van der Waals surface area contributed by atoms with Gasteiger partial charge in [0, 0.05) is 17.6 Å². The minimum Gasteiger partial charge on any atom is -0.492 e. The number of ether oxygens (including phenoxy) is 2. The van der Waals surface area contributed by atoms with Gasteiger partial charge in [-0.05, 0) is 35.2 Å². The number of nitrogens with one attached hydrogen (secondary N) is 3. The van der Waals surface area contributed by atoms with Crippen molar-refractivity contribution in [2.75, 3.05) is 23.4 Å². The highest BCUT2D eigenvalue weighted by Crippen LogP contribution is 2.39. The molecule has 0 aliphatic carbocycles. The Kier molecular flexibility index (Phi) is 6.59. The Bertz CT molecular complexity index is 1530. The molecule has 4 rings (SSSR count). The third-order valence-electron chi connectivity index (χ3n) is 5.33. The number of carbonyl (C=O) groups excluding carboxylic acids is 1. The first kappa shape index (κ1) is 25.0. The molecule has 0 atom stereocenters. The number of sulfonamides is 1. The number of benzene rings is 2. The van der Waals surface area contributed by atoms with E-state index in [0.29, 0.717) is 22.8 Å². The lowest BCUT2D eigenvalue weighted by Crippen LogP contribution is -2.18. The Hall–Kier alpha value is -4.12. The van der Waals surface area contributed by atoms with Crippen molar-refractivity contribution in [1.82, 2.24) is 15.0 Å². The van der Waals surface area contributed by atoms with Crippen LogP contribution in [0.2, 0.25) is 0 Å². The molecule has 3 N–H and O–H groups in total. The van der Waals surface area contributed by atoms with Crippen molar-refractivity contribution in [2.45, 2.75) is 26.2 Å². The van der Waals surface area contributed by atoms with E-state index in [1.165, 1.54) is 13.4 Å². The number of hydrogen-bond donors (Lipinski definition) is 3. The second kappa shape index (κ2) is 9.50. The van der Waals surface area contributed by atoms with Crippen molar-refractivity contribution < 1.29 is 22.7 Å². The van der Waals surface area contributed by atoms with Gasteiger partial charge in [-0.2, -0.15) is 0 Å². The molecular formula is C25H27N5O5S. The van der Waals surface area contributed by atoms with Crippen molar-refractivity contribution in [1.29, 1.82) is 0 Å². The van der Waals surface area contributed by atoms with E-state index in [-0.39, 0.29) is 22.5 Å². The lowest BCUT2D eigenvalue weighted by Gasteiger charge is -2.23. The molecule has 4 aromatic rings. The molecule has 0 saturated carbocycles. The van der Waals surface area contributed by atoms with E-state index in [4.69, 9.17) is 9.47 Å². The molecule has 0 fully saturated rings. The summed E-state index contributed by atoms with van der Waals surface area (Å²) < 4.78 is 37.8. The molecule has 188 valence electrons. The molecule has 1 amide bonds. The summed E-state index contributed by atoms with van der Waals surface area (Å²) in [4.78, 5) is 24.3. The fourth-order valence-electron chi connectivity index (χ4n) is 3.63. The van der Waals surface area contributed by atoms with E-state index in [2.05, 4.69) is 25.0 Å². The number of methoxy groups -OCH3 is 1. The van der Waals surface area contributed by atoms with Gasteiger partial charge in [0.2, 0.25) is 15.9 Å². The fourth-order valence-corrected chi connectivity index (χ4v) is 4.18. The van der Waals surface area contributed by atoms with Gasteiger partial charge in [0.25, 0.3) is 5.91 Å². The molecule has 0 saturated heterocycles. The number of nitrogens with zero attached hydrogens (tertiary/aromatic N) is 2. The summed E-state index contributed by atoms with van der Waals surface area (Å²) in [5, 5.41) is 3.62. The van der Waals surface area contributed by atoms with Crippen LogP contribution in [0.15, 0.2) is 55.0 Å². The summed E-state index contributed by atoms with van der Waals surface area (Å²) in [6.45, 7) is 5.96. The lowest BCUT2D eigenvalue weighted by molar-refractivity contribution is 0.102. The number of para-hydroxylation sites is 1. The van der Waals surface area contributed by atoms with Crippen LogP contribution in [0.25, 0.3) is 10.9 Å². The van der Waals surface area contributed by atoms with E-state index in [1.807, 2.05) is 32.9 Å². The van der Waals surface area contributed by atoms with Gasteiger partial charge in [0.1, 0.15) is 12.0 Å². The zero-order valence-electron chi connectivity index (χ0n) is 20.5. The van der Waals surface area contributed by atoms with Crippen molar-refractivity contribution in [3.05, 3.63) is 66.2 Å². The molecule has 0 aliphatic rings. The highest BCUT2D eigenvalue weighted by Gasteiger charge is 2.23. The molecule has 36 heavy (non-hydrogen) atoms. The topological polar surface area (TPSA) is 135 Å². The Morgan fingerprint density at radius 2 is 1.83 bits per heavy atom. The van der Waals surface area contributed by atoms with E-state index >= 15 is 0 Å². The molecule has 2 heterocycles.